The van der Waals surface area contributed by atoms with Crippen molar-refractivity contribution in [3.8, 4) is 0 Å². The number of thiophene rings is 1. The summed E-state index contributed by atoms with van der Waals surface area (Å²) in [5.74, 6) is 0.522. The monoisotopic (exact) mass is 282 g/mol. The van der Waals surface area contributed by atoms with E-state index < -0.39 is 0 Å². The van der Waals surface area contributed by atoms with Crippen molar-refractivity contribution in [2.24, 2.45) is 11.7 Å². The van der Waals surface area contributed by atoms with Crippen molar-refractivity contribution in [1.82, 2.24) is 5.32 Å². The van der Waals surface area contributed by atoms with Gasteiger partial charge in [-0.25, -0.2) is 0 Å². The maximum absolute atomic E-state index is 12.2. The number of hydrogen-bond donors (Lipinski definition) is 2. The van der Waals surface area contributed by atoms with Crippen LogP contribution in [0.4, 0.5) is 0 Å². The predicted molar refractivity (Wildman–Crippen MR) is 77.4 cm³/mol. The van der Waals surface area contributed by atoms with E-state index in [1.165, 1.54) is 4.88 Å². The van der Waals surface area contributed by atoms with Gasteiger partial charge >= 0.3 is 0 Å². The molecule has 19 heavy (non-hydrogen) atoms. The van der Waals surface area contributed by atoms with Gasteiger partial charge in [0.25, 0.3) is 5.91 Å². The SMILES string of the molecule is CC(C)CC(CN)NC(=O)c1cc2c(s1)CCOC2. The molecule has 0 bridgehead atoms. The fraction of sp³-hybridized carbons (Fsp3) is 0.643. The molecule has 1 atom stereocenters. The molecule has 0 fully saturated rings. The smallest absolute Gasteiger partial charge is 0.261 e. The van der Waals surface area contributed by atoms with Gasteiger partial charge in [-0.15, -0.1) is 11.3 Å². The number of ether oxygens (including phenoxy) is 1. The predicted octanol–water partition coefficient (Wildman–Crippen LogP) is 1.92. The summed E-state index contributed by atoms with van der Waals surface area (Å²) in [5.41, 5.74) is 6.88. The van der Waals surface area contributed by atoms with Gasteiger partial charge in [-0.2, -0.15) is 0 Å². The first-order chi connectivity index (χ1) is 9.10. The van der Waals surface area contributed by atoms with Crippen LogP contribution in [0.15, 0.2) is 6.07 Å². The van der Waals surface area contributed by atoms with Crippen LogP contribution in [0.5, 0.6) is 0 Å². The molecule has 0 saturated heterocycles. The Kier molecular flexibility index (Phi) is 4.96. The molecule has 106 valence electrons. The third kappa shape index (κ3) is 3.78. The Morgan fingerprint density at radius 3 is 3.00 bits per heavy atom. The van der Waals surface area contributed by atoms with Crippen LogP contribution >= 0.6 is 11.3 Å². The summed E-state index contributed by atoms with van der Waals surface area (Å²) in [6, 6.07) is 2.01. The molecule has 1 amide bonds. The normalized spacial score (nSPS) is 16.2. The van der Waals surface area contributed by atoms with Crippen LogP contribution in [-0.2, 0) is 17.8 Å². The van der Waals surface area contributed by atoms with E-state index >= 15 is 0 Å². The number of carbonyl (C=O) groups is 1. The molecule has 1 aromatic heterocycles. The first kappa shape index (κ1) is 14.5. The van der Waals surface area contributed by atoms with Gasteiger partial charge in [0.2, 0.25) is 0 Å². The van der Waals surface area contributed by atoms with Gasteiger partial charge in [0.05, 0.1) is 18.1 Å². The van der Waals surface area contributed by atoms with E-state index in [0.29, 0.717) is 19.1 Å². The first-order valence-electron chi connectivity index (χ1n) is 6.80. The van der Waals surface area contributed by atoms with Gasteiger partial charge in [-0.1, -0.05) is 13.8 Å². The molecular weight excluding hydrogens is 260 g/mol. The Morgan fingerprint density at radius 1 is 1.58 bits per heavy atom. The number of amides is 1. The average molecular weight is 282 g/mol. The fourth-order valence-electron chi connectivity index (χ4n) is 2.30. The zero-order valence-corrected chi connectivity index (χ0v) is 12.4. The molecule has 2 rings (SSSR count). The molecule has 0 radical (unpaired) electrons. The molecule has 2 heterocycles. The first-order valence-corrected chi connectivity index (χ1v) is 7.62. The Hall–Kier alpha value is -0.910. The standard InChI is InChI=1S/C14H22N2O2S/c1-9(2)5-11(7-15)16-14(17)13-6-10-8-18-4-3-12(10)19-13/h6,9,11H,3-5,7-8,15H2,1-2H3,(H,16,17). The number of nitrogens with two attached hydrogens (primary N) is 1. The Balaban J connectivity index is 2.00. The molecule has 0 saturated carbocycles. The van der Waals surface area contributed by atoms with Crippen molar-refractivity contribution in [3.05, 3.63) is 21.4 Å². The second-order valence-electron chi connectivity index (χ2n) is 5.40. The summed E-state index contributed by atoms with van der Waals surface area (Å²) in [7, 11) is 0. The summed E-state index contributed by atoms with van der Waals surface area (Å²) in [6.07, 6.45) is 1.83. The largest absolute Gasteiger partial charge is 0.376 e. The van der Waals surface area contributed by atoms with E-state index in [2.05, 4.69) is 19.2 Å². The van der Waals surface area contributed by atoms with Gasteiger partial charge in [0.1, 0.15) is 0 Å². The topological polar surface area (TPSA) is 64.3 Å². The molecular formula is C14H22N2O2S. The summed E-state index contributed by atoms with van der Waals surface area (Å²) < 4.78 is 5.40. The van der Waals surface area contributed by atoms with E-state index in [4.69, 9.17) is 10.5 Å². The second-order valence-corrected chi connectivity index (χ2v) is 6.53. The van der Waals surface area contributed by atoms with E-state index in [1.54, 1.807) is 11.3 Å². The van der Waals surface area contributed by atoms with E-state index in [-0.39, 0.29) is 11.9 Å². The van der Waals surface area contributed by atoms with Crippen molar-refractivity contribution in [2.75, 3.05) is 13.2 Å². The molecule has 1 aliphatic rings. The third-order valence-corrected chi connectivity index (χ3v) is 4.46. The molecule has 1 aliphatic heterocycles. The lowest BCUT2D eigenvalue weighted by atomic mass is 10.0. The van der Waals surface area contributed by atoms with E-state index in [1.807, 2.05) is 6.07 Å². The number of hydrogen-bond acceptors (Lipinski definition) is 4. The number of nitrogens with one attached hydrogen (secondary N) is 1. The van der Waals surface area contributed by atoms with Crippen LogP contribution < -0.4 is 11.1 Å². The van der Waals surface area contributed by atoms with Gasteiger partial charge < -0.3 is 15.8 Å². The minimum Gasteiger partial charge on any atom is -0.376 e. The number of fused-ring (bicyclic) bond motifs is 1. The van der Waals surface area contributed by atoms with Gasteiger partial charge in [-0.3, -0.25) is 4.79 Å². The molecule has 0 spiro atoms. The lowest BCUT2D eigenvalue weighted by Gasteiger charge is -2.18. The van der Waals surface area contributed by atoms with Gasteiger partial charge in [0, 0.05) is 23.9 Å². The lowest BCUT2D eigenvalue weighted by Crippen LogP contribution is -2.40. The quantitative estimate of drug-likeness (QED) is 0.867. The van der Waals surface area contributed by atoms with Crippen LogP contribution in [0.3, 0.4) is 0 Å². The third-order valence-electron chi connectivity index (χ3n) is 3.23. The number of carbonyl (C=O) groups excluding carboxylic acids is 1. The Morgan fingerprint density at radius 2 is 2.37 bits per heavy atom. The van der Waals surface area contributed by atoms with Crippen molar-refractivity contribution < 1.29 is 9.53 Å². The van der Waals surface area contributed by atoms with Gasteiger partial charge in [-0.05, 0) is 24.0 Å². The Bertz CT molecular complexity index is 419. The highest BCUT2D eigenvalue weighted by Crippen LogP contribution is 2.27. The van der Waals surface area contributed by atoms with Crippen molar-refractivity contribution in [1.29, 1.82) is 0 Å². The van der Waals surface area contributed by atoms with Gasteiger partial charge in [0.15, 0.2) is 0 Å². The second kappa shape index (κ2) is 6.50. The van der Waals surface area contributed by atoms with Crippen LogP contribution in [0, 0.1) is 5.92 Å². The highest BCUT2D eigenvalue weighted by Gasteiger charge is 2.19. The maximum Gasteiger partial charge on any atom is 0.261 e. The summed E-state index contributed by atoms with van der Waals surface area (Å²) >= 11 is 1.58. The molecule has 3 N–H and O–H groups in total. The fourth-order valence-corrected chi connectivity index (χ4v) is 3.35. The van der Waals surface area contributed by atoms with E-state index in [0.717, 1.165) is 29.9 Å². The zero-order chi connectivity index (χ0) is 13.8. The van der Waals surface area contributed by atoms with Crippen LogP contribution in [0.2, 0.25) is 0 Å². The zero-order valence-electron chi connectivity index (χ0n) is 11.6. The van der Waals surface area contributed by atoms with Crippen molar-refractivity contribution >= 4 is 17.2 Å². The highest BCUT2D eigenvalue weighted by molar-refractivity contribution is 7.14. The van der Waals surface area contributed by atoms with Crippen LogP contribution in [0.1, 0.15) is 40.4 Å². The Labute approximate surface area is 118 Å². The maximum atomic E-state index is 12.2. The van der Waals surface area contributed by atoms with E-state index in [9.17, 15) is 4.79 Å². The molecule has 5 heteroatoms. The summed E-state index contributed by atoms with van der Waals surface area (Å²) in [6.45, 7) is 6.14. The van der Waals surface area contributed by atoms with Crippen molar-refractivity contribution in [2.45, 2.75) is 39.3 Å². The molecule has 1 aromatic rings. The van der Waals surface area contributed by atoms with Crippen molar-refractivity contribution in [3.63, 3.8) is 0 Å². The highest BCUT2D eigenvalue weighted by atomic mass is 32.1. The van der Waals surface area contributed by atoms with Crippen LogP contribution in [-0.4, -0.2) is 25.1 Å². The minimum atomic E-state index is -0.00417. The molecule has 1 unspecified atom stereocenters. The molecule has 4 nitrogen and oxygen atoms in total. The lowest BCUT2D eigenvalue weighted by molar-refractivity contribution is 0.0937. The average Bonchev–Trinajstić information content (AvgIpc) is 2.81. The molecule has 0 aliphatic carbocycles. The van der Waals surface area contributed by atoms with Crippen LogP contribution in [0.25, 0.3) is 0 Å². The minimum absolute atomic E-state index is 0.00417. The number of rotatable bonds is 5. The summed E-state index contributed by atoms with van der Waals surface area (Å²) in [5, 5.41) is 3.03. The molecule has 0 aromatic carbocycles. The summed E-state index contributed by atoms with van der Waals surface area (Å²) in [4.78, 5) is 14.3.